The second-order valence-corrected chi connectivity index (χ2v) is 11.6. The normalized spacial score (nSPS) is 14.9. The second-order valence-electron chi connectivity index (χ2n) is 10.2. The molecule has 0 saturated carbocycles. The van der Waals surface area contributed by atoms with Crippen molar-refractivity contribution in [3.63, 3.8) is 0 Å². The topological polar surface area (TPSA) is 50.2 Å². The molecule has 0 spiro atoms. The van der Waals surface area contributed by atoms with Gasteiger partial charge in [-0.1, -0.05) is 50.6 Å². The molecule has 0 saturated heterocycles. The van der Waals surface area contributed by atoms with Crippen LogP contribution in [0.4, 0.5) is 14.5 Å². The standard InChI is InChI=1S/C31H31ClF2N4OS.C2H6/c1-20(22-10-12-27(33)28(34)16-22)15-31(39)38(19-30-35-13-14-37(30)2)24-11-9-21-5-3-8-29(26(21)18-24)36-40-25-7-4-6-23(32)17-25;1-2/h4,6-7,9-14,16-18,20,29,36H,3,5,8,15,19H2,1-2H3;1-2H3/t20-,29?;/m0./s1. The first kappa shape index (κ1) is 31.7. The lowest BCUT2D eigenvalue weighted by molar-refractivity contribution is -0.119. The molecule has 1 N–H and O–H groups in total. The third-order valence-corrected chi connectivity index (χ3v) is 8.51. The molecule has 1 aliphatic rings. The van der Waals surface area contributed by atoms with Gasteiger partial charge in [-0.2, -0.15) is 0 Å². The van der Waals surface area contributed by atoms with Gasteiger partial charge in [-0.15, -0.1) is 0 Å². The summed E-state index contributed by atoms with van der Waals surface area (Å²) < 4.78 is 32.9. The molecule has 0 radical (unpaired) electrons. The summed E-state index contributed by atoms with van der Waals surface area (Å²) in [6, 6.07) is 17.9. The molecule has 0 bridgehead atoms. The van der Waals surface area contributed by atoms with Gasteiger partial charge in [0, 0.05) is 47.5 Å². The Morgan fingerprint density at radius 2 is 1.95 bits per heavy atom. The summed E-state index contributed by atoms with van der Waals surface area (Å²) in [5.74, 6) is -1.48. The monoisotopic (exact) mass is 610 g/mol. The van der Waals surface area contributed by atoms with Crippen molar-refractivity contribution in [1.82, 2.24) is 14.3 Å². The number of anilines is 1. The van der Waals surface area contributed by atoms with E-state index in [9.17, 15) is 13.6 Å². The Morgan fingerprint density at radius 1 is 1.14 bits per heavy atom. The van der Waals surface area contributed by atoms with E-state index in [0.717, 1.165) is 41.7 Å². The van der Waals surface area contributed by atoms with Crippen molar-refractivity contribution >= 4 is 35.1 Å². The largest absolute Gasteiger partial charge is 0.337 e. The number of aromatic nitrogens is 2. The van der Waals surface area contributed by atoms with Crippen LogP contribution in [0.2, 0.25) is 5.02 Å². The fourth-order valence-electron chi connectivity index (χ4n) is 5.07. The summed E-state index contributed by atoms with van der Waals surface area (Å²) in [6.07, 6.45) is 6.73. The van der Waals surface area contributed by atoms with Gasteiger partial charge < -0.3 is 9.47 Å². The van der Waals surface area contributed by atoms with E-state index in [0.29, 0.717) is 17.1 Å². The number of nitrogens with one attached hydrogen (secondary N) is 1. The van der Waals surface area contributed by atoms with Crippen molar-refractivity contribution in [2.75, 3.05) is 4.90 Å². The van der Waals surface area contributed by atoms with Crippen LogP contribution in [0.1, 0.15) is 74.5 Å². The predicted octanol–water partition coefficient (Wildman–Crippen LogP) is 8.78. The summed E-state index contributed by atoms with van der Waals surface area (Å²) >= 11 is 7.72. The van der Waals surface area contributed by atoms with Crippen LogP contribution >= 0.6 is 23.5 Å². The maximum atomic E-state index is 13.9. The van der Waals surface area contributed by atoms with E-state index in [1.807, 2.05) is 68.9 Å². The maximum absolute atomic E-state index is 13.9. The number of aryl methyl sites for hydroxylation is 2. The molecule has 222 valence electrons. The number of hydrogen-bond acceptors (Lipinski definition) is 4. The molecule has 3 aromatic carbocycles. The highest BCUT2D eigenvalue weighted by molar-refractivity contribution is 7.97. The zero-order valence-corrected chi connectivity index (χ0v) is 26.0. The van der Waals surface area contributed by atoms with Gasteiger partial charge in [0.15, 0.2) is 11.6 Å². The number of fused-ring (bicyclic) bond motifs is 1. The predicted molar refractivity (Wildman–Crippen MR) is 168 cm³/mol. The van der Waals surface area contributed by atoms with Crippen molar-refractivity contribution in [3.05, 3.63) is 112 Å². The van der Waals surface area contributed by atoms with Crippen LogP contribution in [-0.2, 0) is 24.8 Å². The van der Waals surface area contributed by atoms with E-state index < -0.39 is 11.6 Å². The number of carbonyl (C=O) groups excluding carboxylic acids is 1. The molecule has 1 aliphatic carbocycles. The number of imidazole rings is 1. The first-order valence-electron chi connectivity index (χ1n) is 14.3. The van der Waals surface area contributed by atoms with E-state index in [2.05, 4.69) is 21.8 Å². The Morgan fingerprint density at radius 3 is 2.67 bits per heavy atom. The van der Waals surface area contributed by atoms with Crippen LogP contribution in [0.15, 0.2) is 78.0 Å². The Labute approximate surface area is 256 Å². The Balaban J connectivity index is 0.00000198. The molecule has 5 rings (SSSR count). The lowest BCUT2D eigenvalue weighted by Crippen LogP contribution is -2.33. The molecule has 4 aromatic rings. The second kappa shape index (κ2) is 14.8. The van der Waals surface area contributed by atoms with Crippen molar-refractivity contribution in [2.45, 2.75) is 69.9 Å². The highest BCUT2D eigenvalue weighted by atomic mass is 35.5. The van der Waals surface area contributed by atoms with Crippen LogP contribution in [0.3, 0.4) is 0 Å². The van der Waals surface area contributed by atoms with Crippen molar-refractivity contribution < 1.29 is 13.6 Å². The number of amides is 1. The zero-order chi connectivity index (χ0) is 30.2. The molecule has 9 heteroatoms. The molecule has 2 atom stereocenters. The van der Waals surface area contributed by atoms with E-state index >= 15 is 0 Å². The van der Waals surface area contributed by atoms with Crippen molar-refractivity contribution in [3.8, 4) is 0 Å². The van der Waals surface area contributed by atoms with Crippen LogP contribution in [-0.4, -0.2) is 15.5 Å². The number of carbonyl (C=O) groups is 1. The number of hydrogen-bond donors (Lipinski definition) is 1. The number of halogens is 3. The van der Waals surface area contributed by atoms with Crippen LogP contribution in [0.25, 0.3) is 0 Å². The Bertz CT molecular complexity index is 1510. The fraction of sp³-hybridized carbons (Fsp3) is 0.333. The minimum atomic E-state index is -0.912. The summed E-state index contributed by atoms with van der Waals surface area (Å²) in [7, 11) is 1.90. The summed E-state index contributed by atoms with van der Waals surface area (Å²) in [5.41, 5.74) is 3.80. The van der Waals surface area contributed by atoms with Gasteiger partial charge in [0.25, 0.3) is 0 Å². The third-order valence-electron chi connectivity index (χ3n) is 7.39. The average Bonchev–Trinajstić information content (AvgIpc) is 3.40. The fourth-order valence-corrected chi connectivity index (χ4v) is 6.18. The Kier molecular flexibility index (Phi) is 11.2. The van der Waals surface area contributed by atoms with Crippen LogP contribution in [0.5, 0.6) is 0 Å². The number of nitrogens with zero attached hydrogens (tertiary/aromatic N) is 3. The molecule has 0 aliphatic heterocycles. The first-order valence-corrected chi connectivity index (χ1v) is 15.5. The van der Waals surface area contributed by atoms with Gasteiger partial charge >= 0.3 is 0 Å². The van der Waals surface area contributed by atoms with E-state index in [4.69, 9.17) is 11.6 Å². The van der Waals surface area contributed by atoms with Gasteiger partial charge in [0.1, 0.15) is 5.82 Å². The minimum absolute atomic E-state index is 0.110. The van der Waals surface area contributed by atoms with Crippen LogP contribution in [0, 0.1) is 11.6 Å². The SMILES string of the molecule is CC.C[C@@H](CC(=O)N(Cc1nccn1C)c1ccc2c(c1)C(NSc1cccc(Cl)c1)CCC2)c1ccc(F)c(F)c1. The first-order chi connectivity index (χ1) is 20.3. The maximum Gasteiger partial charge on any atom is 0.228 e. The van der Waals surface area contributed by atoms with E-state index in [-0.39, 0.29) is 24.3 Å². The van der Waals surface area contributed by atoms with Gasteiger partial charge in [0.05, 0.1) is 6.54 Å². The third kappa shape index (κ3) is 7.79. The van der Waals surface area contributed by atoms with E-state index in [1.165, 1.54) is 23.3 Å². The molecule has 1 unspecified atom stereocenters. The molecule has 1 amide bonds. The number of rotatable bonds is 9. The summed E-state index contributed by atoms with van der Waals surface area (Å²) in [4.78, 5) is 21.0. The molecule has 1 heterocycles. The molecule has 5 nitrogen and oxygen atoms in total. The lowest BCUT2D eigenvalue weighted by atomic mass is 9.87. The van der Waals surface area contributed by atoms with Crippen molar-refractivity contribution in [2.24, 2.45) is 7.05 Å². The molecule has 42 heavy (non-hydrogen) atoms. The molecule has 1 aromatic heterocycles. The highest BCUT2D eigenvalue weighted by Gasteiger charge is 2.26. The summed E-state index contributed by atoms with van der Waals surface area (Å²) in [6.45, 7) is 6.14. The molecule has 0 fully saturated rings. The van der Waals surface area contributed by atoms with E-state index in [1.54, 1.807) is 23.0 Å². The van der Waals surface area contributed by atoms with Crippen molar-refractivity contribution in [1.29, 1.82) is 0 Å². The molecular weight excluding hydrogens is 574 g/mol. The number of benzene rings is 3. The lowest BCUT2D eigenvalue weighted by Gasteiger charge is -2.30. The molecular formula is C33H37ClF2N4OS. The van der Waals surface area contributed by atoms with Gasteiger partial charge in [0.2, 0.25) is 5.91 Å². The Hall–Kier alpha value is -3.20. The summed E-state index contributed by atoms with van der Waals surface area (Å²) in [5, 5.41) is 0.694. The highest BCUT2D eigenvalue weighted by Crippen LogP contribution is 2.36. The van der Waals surface area contributed by atoms with Gasteiger partial charge in [-0.05, 0) is 96.3 Å². The average molecular weight is 611 g/mol. The van der Waals surface area contributed by atoms with Crippen LogP contribution < -0.4 is 9.62 Å². The van der Waals surface area contributed by atoms with Gasteiger partial charge in [-0.25, -0.2) is 13.8 Å². The van der Waals surface area contributed by atoms with Gasteiger partial charge in [-0.3, -0.25) is 9.52 Å². The minimum Gasteiger partial charge on any atom is -0.337 e. The smallest absolute Gasteiger partial charge is 0.228 e. The quantitative estimate of drug-likeness (QED) is 0.192. The zero-order valence-electron chi connectivity index (χ0n) is 24.4.